The monoisotopic (exact) mass is 238 g/mol. The van der Waals surface area contributed by atoms with E-state index in [1.807, 2.05) is 0 Å². The molecule has 1 aromatic carbocycles. The smallest absolute Gasteiger partial charge is 0.202 e. The molecule has 0 heterocycles. The van der Waals surface area contributed by atoms with Gasteiger partial charge in [-0.25, -0.2) is 8.42 Å². The molecule has 0 saturated carbocycles. The SMILES string of the molecule is C=C(CCC(C)=O)S(=O)(=O)c1ccccc1. The van der Waals surface area contributed by atoms with Crippen molar-refractivity contribution in [3.63, 3.8) is 0 Å². The van der Waals surface area contributed by atoms with Crippen molar-refractivity contribution in [3.8, 4) is 0 Å². The number of sulfone groups is 1. The van der Waals surface area contributed by atoms with E-state index in [4.69, 9.17) is 0 Å². The molecule has 0 amide bonds. The van der Waals surface area contributed by atoms with Crippen molar-refractivity contribution in [1.82, 2.24) is 0 Å². The third-order valence-corrected chi connectivity index (χ3v) is 4.05. The van der Waals surface area contributed by atoms with Gasteiger partial charge in [-0.1, -0.05) is 24.8 Å². The molecular formula is C12H14O3S. The van der Waals surface area contributed by atoms with Crippen LogP contribution in [0.1, 0.15) is 19.8 Å². The van der Waals surface area contributed by atoms with E-state index >= 15 is 0 Å². The fourth-order valence-corrected chi connectivity index (χ4v) is 2.44. The van der Waals surface area contributed by atoms with Crippen molar-refractivity contribution in [1.29, 1.82) is 0 Å². The maximum atomic E-state index is 11.9. The third kappa shape index (κ3) is 3.03. The van der Waals surface area contributed by atoms with Crippen molar-refractivity contribution in [2.75, 3.05) is 0 Å². The highest BCUT2D eigenvalue weighted by Crippen LogP contribution is 2.20. The first-order chi connectivity index (χ1) is 7.44. The van der Waals surface area contributed by atoms with Crippen molar-refractivity contribution in [2.45, 2.75) is 24.7 Å². The number of carbonyl (C=O) groups excluding carboxylic acids is 1. The van der Waals surface area contributed by atoms with Gasteiger partial charge in [-0.3, -0.25) is 0 Å². The molecule has 0 N–H and O–H groups in total. The predicted molar refractivity (Wildman–Crippen MR) is 62.7 cm³/mol. The normalized spacial score (nSPS) is 11.1. The zero-order valence-electron chi connectivity index (χ0n) is 9.14. The average molecular weight is 238 g/mol. The minimum Gasteiger partial charge on any atom is -0.300 e. The molecule has 0 aliphatic heterocycles. The summed E-state index contributed by atoms with van der Waals surface area (Å²) in [5.41, 5.74) is 0. The number of Topliss-reactive ketones (excluding diaryl/α,β-unsaturated/α-hetero) is 1. The van der Waals surface area contributed by atoms with Gasteiger partial charge in [-0.2, -0.15) is 0 Å². The fourth-order valence-electron chi connectivity index (χ4n) is 1.22. The largest absolute Gasteiger partial charge is 0.300 e. The molecular weight excluding hydrogens is 224 g/mol. The summed E-state index contributed by atoms with van der Waals surface area (Å²) in [7, 11) is -3.48. The van der Waals surface area contributed by atoms with E-state index in [-0.39, 0.29) is 28.4 Å². The lowest BCUT2D eigenvalue weighted by molar-refractivity contribution is -0.116. The summed E-state index contributed by atoms with van der Waals surface area (Å²) in [6.45, 7) is 4.97. The molecule has 0 aliphatic carbocycles. The second-order valence-corrected chi connectivity index (χ2v) is 5.61. The van der Waals surface area contributed by atoms with Crippen molar-refractivity contribution in [2.24, 2.45) is 0 Å². The van der Waals surface area contributed by atoms with Crippen LogP contribution < -0.4 is 0 Å². The summed E-state index contributed by atoms with van der Waals surface area (Å²) in [5, 5.41) is 0. The standard InChI is InChI=1S/C12H14O3S/c1-10(13)8-9-11(2)16(14,15)12-6-4-3-5-7-12/h3-7H,2,8-9H2,1H3. The molecule has 0 aromatic heterocycles. The predicted octanol–water partition coefficient (Wildman–Crippen LogP) is 2.34. The quantitative estimate of drug-likeness (QED) is 0.791. The van der Waals surface area contributed by atoms with E-state index in [0.29, 0.717) is 0 Å². The van der Waals surface area contributed by atoms with Crippen LogP contribution in [0.2, 0.25) is 0 Å². The van der Waals surface area contributed by atoms with E-state index in [1.54, 1.807) is 18.2 Å². The number of rotatable bonds is 5. The Morgan fingerprint density at radius 1 is 1.19 bits per heavy atom. The van der Waals surface area contributed by atoms with Crippen molar-refractivity contribution in [3.05, 3.63) is 41.8 Å². The lowest BCUT2D eigenvalue weighted by atomic mass is 10.2. The highest BCUT2D eigenvalue weighted by atomic mass is 32.2. The van der Waals surface area contributed by atoms with Crippen LogP contribution in [0.5, 0.6) is 0 Å². The van der Waals surface area contributed by atoms with Gasteiger partial charge in [0.25, 0.3) is 0 Å². The van der Waals surface area contributed by atoms with Crippen LogP contribution in [0.3, 0.4) is 0 Å². The van der Waals surface area contributed by atoms with Crippen LogP contribution in [0, 0.1) is 0 Å². The Hall–Kier alpha value is -1.42. The lowest BCUT2D eigenvalue weighted by Crippen LogP contribution is -2.05. The molecule has 0 radical (unpaired) electrons. The summed E-state index contributed by atoms with van der Waals surface area (Å²) in [4.78, 5) is 11.1. The topological polar surface area (TPSA) is 51.2 Å². The van der Waals surface area contributed by atoms with Crippen molar-refractivity contribution < 1.29 is 13.2 Å². The Morgan fingerprint density at radius 2 is 1.75 bits per heavy atom. The average Bonchev–Trinajstić information content (AvgIpc) is 2.27. The second-order valence-electron chi connectivity index (χ2n) is 3.56. The van der Waals surface area contributed by atoms with Gasteiger partial charge >= 0.3 is 0 Å². The Labute approximate surface area is 95.7 Å². The molecule has 0 saturated heterocycles. The van der Waals surface area contributed by atoms with Gasteiger partial charge in [0.05, 0.1) is 4.90 Å². The Morgan fingerprint density at radius 3 is 2.25 bits per heavy atom. The highest BCUT2D eigenvalue weighted by Gasteiger charge is 2.18. The van der Waals surface area contributed by atoms with Gasteiger partial charge in [-0.05, 0) is 25.5 Å². The molecule has 0 unspecified atom stereocenters. The summed E-state index contributed by atoms with van der Waals surface area (Å²) in [6, 6.07) is 8.11. The Bertz CT molecular complexity index is 486. The van der Waals surface area contributed by atoms with Crippen molar-refractivity contribution >= 4 is 15.6 Å². The first-order valence-corrected chi connectivity index (χ1v) is 6.40. The first kappa shape index (κ1) is 12.6. The fraction of sp³-hybridized carbons (Fsp3) is 0.250. The van der Waals surface area contributed by atoms with E-state index in [1.165, 1.54) is 19.1 Å². The summed E-state index contributed by atoms with van der Waals surface area (Å²) >= 11 is 0. The molecule has 16 heavy (non-hydrogen) atoms. The van der Waals surface area contributed by atoms with E-state index < -0.39 is 9.84 Å². The van der Waals surface area contributed by atoms with Gasteiger partial charge in [0.2, 0.25) is 9.84 Å². The number of carbonyl (C=O) groups is 1. The van der Waals surface area contributed by atoms with Crippen LogP contribution >= 0.6 is 0 Å². The minimum absolute atomic E-state index is 0.0376. The molecule has 3 nitrogen and oxygen atoms in total. The van der Waals surface area contributed by atoms with Crippen LogP contribution in [-0.2, 0) is 14.6 Å². The number of benzene rings is 1. The van der Waals surface area contributed by atoms with E-state index in [0.717, 1.165) is 0 Å². The summed E-state index contributed by atoms with van der Waals surface area (Å²) in [5.74, 6) is -0.0376. The van der Waals surface area contributed by atoms with Crippen LogP contribution in [0.4, 0.5) is 0 Å². The maximum Gasteiger partial charge on any atom is 0.202 e. The summed E-state index contributed by atoms with van der Waals surface area (Å²) in [6.07, 6.45) is 0.400. The lowest BCUT2D eigenvalue weighted by Gasteiger charge is -2.06. The van der Waals surface area contributed by atoms with Crippen LogP contribution in [0.25, 0.3) is 0 Å². The molecule has 0 fully saturated rings. The molecule has 86 valence electrons. The van der Waals surface area contributed by atoms with Crippen LogP contribution in [0.15, 0.2) is 46.7 Å². The maximum absolute atomic E-state index is 11.9. The second kappa shape index (κ2) is 5.07. The molecule has 0 aliphatic rings. The molecule has 1 aromatic rings. The summed E-state index contributed by atoms with van der Waals surface area (Å²) < 4.78 is 23.9. The number of allylic oxidation sites excluding steroid dienone is 1. The number of hydrogen-bond donors (Lipinski definition) is 0. The Balaban J connectivity index is 2.87. The van der Waals surface area contributed by atoms with Gasteiger partial charge < -0.3 is 4.79 Å². The van der Waals surface area contributed by atoms with Gasteiger partial charge in [0, 0.05) is 11.3 Å². The molecule has 1 rings (SSSR count). The van der Waals surface area contributed by atoms with Gasteiger partial charge in [0.15, 0.2) is 0 Å². The van der Waals surface area contributed by atoms with Gasteiger partial charge in [0.1, 0.15) is 5.78 Å². The molecule has 0 atom stereocenters. The molecule has 4 heteroatoms. The first-order valence-electron chi connectivity index (χ1n) is 4.92. The number of hydrogen-bond acceptors (Lipinski definition) is 3. The molecule has 0 bridgehead atoms. The van der Waals surface area contributed by atoms with E-state index in [9.17, 15) is 13.2 Å². The zero-order chi connectivity index (χ0) is 12.2. The Kier molecular flexibility index (Phi) is 4.01. The highest BCUT2D eigenvalue weighted by molar-refractivity contribution is 7.95. The zero-order valence-corrected chi connectivity index (χ0v) is 9.96. The number of ketones is 1. The van der Waals surface area contributed by atoms with Gasteiger partial charge in [-0.15, -0.1) is 0 Å². The third-order valence-electron chi connectivity index (χ3n) is 2.19. The van der Waals surface area contributed by atoms with E-state index in [2.05, 4.69) is 6.58 Å². The molecule has 0 spiro atoms. The van der Waals surface area contributed by atoms with Crippen LogP contribution in [-0.4, -0.2) is 14.2 Å². The minimum atomic E-state index is -3.48.